The molecule has 0 saturated carbocycles. The highest BCUT2D eigenvalue weighted by Crippen LogP contribution is 2.37. The zero-order valence-electron chi connectivity index (χ0n) is 13.8. The number of rotatable bonds is 5. The Balaban J connectivity index is 1.70. The van der Waals surface area contributed by atoms with Crippen molar-refractivity contribution in [2.24, 2.45) is 0 Å². The van der Waals surface area contributed by atoms with Crippen LogP contribution in [-0.2, 0) is 19.0 Å². The van der Waals surface area contributed by atoms with Crippen LogP contribution in [0.2, 0.25) is 0 Å². The van der Waals surface area contributed by atoms with Crippen molar-refractivity contribution in [3.63, 3.8) is 0 Å². The number of alkyl halides is 2. The maximum absolute atomic E-state index is 14.5. The fraction of sp³-hybridized carbons (Fsp3) is 0.211. The third kappa shape index (κ3) is 4.09. The normalized spacial score (nSPS) is 24.1. The molecule has 2 aromatic carbocycles. The fourth-order valence-corrected chi connectivity index (χ4v) is 2.70. The van der Waals surface area contributed by atoms with E-state index in [9.17, 15) is 18.8 Å². The molecule has 0 aromatic heterocycles. The lowest BCUT2D eigenvalue weighted by atomic mass is 10.1. The summed E-state index contributed by atoms with van der Waals surface area (Å²) in [6, 6.07) is 15.8. The summed E-state index contributed by atoms with van der Waals surface area (Å²) >= 11 is 5.58. The van der Waals surface area contributed by atoms with E-state index in [0.29, 0.717) is 0 Å². The molecule has 1 aliphatic heterocycles. The Kier molecular flexibility index (Phi) is 5.41. The van der Waals surface area contributed by atoms with E-state index in [4.69, 9.17) is 25.8 Å². The molecule has 0 amide bonds. The molecular formula is C19H14ClFO6. The second-order valence-corrected chi connectivity index (χ2v) is 6.27. The molecule has 1 aliphatic rings. The first kappa shape index (κ1) is 18.8. The highest BCUT2D eigenvalue weighted by atomic mass is 35.5. The largest absolute Gasteiger partial charge is 0.458 e. The van der Waals surface area contributed by atoms with Gasteiger partial charge < -0.3 is 14.2 Å². The van der Waals surface area contributed by atoms with Crippen LogP contribution in [0.5, 0.6) is 0 Å². The number of halogens is 2. The van der Waals surface area contributed by atoms with E-state index in [1.54, 1.807) is 36.4 Å². The number of esters is 3. The van der Waals surface area contributed by atoms with Crippen LogP contribution >= 0.6 is 11.6 Å². The van der Waals surface area contributed by atoms with Crippen molar-refractivity contribution >= 4 is 29.5 Å². The van der Waals surface area contributed by atoms with Crippen molar-refractivity contribution in [2.75, 3.05) is 6.61 Å². The monoisotopic (exact) mass is 392 g/mol. The molecule has 3 rings (SSSR count). The molecule has 1 saturated heterocycles. The van der Waals surface area contributed by atoms with Gasteiger partial charge in [0.1, 0.15) is 6.61 Å². The van der Waals surface area contributed by atoms with E-state index in [0.717, 1.165) is 0 Å². The zero-order valence-corrected chi connectivity index (χ0v) is 14.6. The van der Waals surface area contributed by atoms with Gasteiger partial charge in [-0.05, 0) is 24.3 Å². The maximum Gasteiger partial charge on any atom is 0.364 e. The van der Waals surface area contributed by atoms with Gasteiger partial charge in [0, 0.05) is 0 Å². The molecule has 1 heterocycles. The molecule has 0 spiro atoms. The molecule has 8 heteroatoms. The smallest absolute Gasteiger partial charge is 0.364 e. The zero-order chi connectivity index (χ0) is 19.4. The van der Waals surface area contributed by atoms with E-state index < -0.39 is 41.9 Å². The summed E-state index contributed by atoms with van der Waals surface area (Å²) in [5.74, 6) is -3.00. The standard InChI is InChI=1S/C19H14ClFO6/c20-19(21)15(27-17(23)13-9-5-2-6-10-13)14(26-18(19)24)11-25-16(22)12-7-3-1-4-8-12/h1-10,14-15H,11H2/t14-,15?,19-/m1/s1. The van der Waals surface area contributed by atoms with Gasteiger partial charge in [0.05, 0.1) is 11.1 Å². The Bertz CT molecular complexity index is 840. The van der Waals surface area contributed by atoms with Gasteiger partial charge in [-0.1, -0.05) is 48.0 Å². The van der Waals surface area contributed by atoms with Gasteiger partial charge in [0.2, 0.25) is 6.10 Å². The summed E-state index contributed by atoms with van der Waals surface area (Å²) in [6.07, 6.45) is -3.15. The lowest BCUT2D eigenvalue weighted by Crippen LogP contribution is -2.42. The molecule has 0 bridgehead atoms. The number of ether oxygens (including phenoxy) is 3. The van der Waals surface area contributed by atoms with Gasteiger partial charge in [-0.2, -0.15) is 0 Å². The molecule has 0 radical (unpaired) electrons. The number of carbonyl (C=O) groups is 3. The van der Waals surface area contributed by atoms with E-state index in [-0.39, 0.29) is 11.1 Å². The van der Waals surface area contributed by atoms with Crippen LogP contribution in [0, 0.1) is 0 Å². The summed E-state index contributed by atoms with van der Waals surface area (Å²) in [4.78, 5) is 35.9. The van der Waals surface area contributed by atoms with Crippen molar-refractivity contribution in [1.82, 2.24) is 0 Å². The minimum Gasteiger partial charge on any atom is -0.458 e. The van der Waals surface area contributed by atoms with Crippen LogP contribution in [0.3, 0.4) is 0 Å². The van der Waals surface area contributed by atoms with Crippen LogP contribution < -0.4 is 0 Å². The molecule has 0 N–H and O–H groups in total. The number of benzene rings is 2. The topological polar surface area (TPSA) is 78.9 Å². The molecule has 6 nitrogen and oxygen atoms in total. The predicted octanol–water partition coefficient (Wildman–Crippen LogP) is 2.90. The summed E-state index contributed by atoms with van der Waals surface area (Å²) in [7, 11) is 0. The van der Waals surface area contributed by atoms with Crippen molar-refractivity contribution in [1.29, 1.82) is 0 Å². The SMILES string of the molecule is O=C(OC[C@H]1OC(=O)[C@@](F)(Cl)C1OC(=O)c1ccccc1)c1ccccc1. The first-order chi connectivity index (χ1) is 12.9. The first-order valence-electron chi connectivity index (χ1n) is 7.96. The Morgan fingerprint density at radius 2 is 1.52 bits per heavy atom. The molecule has 140 valence electrons. The Hall–Kier alpha value is -2.93. The van der Waals surface area contributed by atoms with Crippen molar-refractivity contribution in [3.05, 3.63) is 71.8 Å². The lowest BCUT2D eigenvalue weighted by Gasteiger charge is -2.21. The van der Waals surface area contributed by atoms with E-state index in [1.807, 2.05) is 0 Å². The highest BCUT2D eigenvalue weighted by Gasteiger charge is 2.61. The van der Waals surface area contributed by atoms with E-state index in [2.05, 4.69) is 0 Å². The summed E-state index contributed by atoms with van der Waals surface area (Å²) in [5.41, 5.74) is 0.404. The Morgan fingerprint density at radius 3 is 2.07 bits per heavy atom. The van der Waals surface area contributed by atoms with Crippen LogP contribution in [0.25, 0.3) is 0 Å². The molecule has 0 aliphatic carbocycles. The number of carbonyl (C=O) groups excluding carboxylic acids is 3. The summed E-state index contributed by atoms with van der Waals surface area (Å²) < 4.78 is 29.4. The van der Waals surface area contributed by atoms with Gasteiger partial charge >= 0.3 is 23.0 Å². The summed E-state index contributed by atoms with van der Waals surface area (Å²) in [6.45, 7) is -0.523. The molecule has 1 fully saturated rings. The average Bonchev–Trinajstić information content (AvgIpc) is 2.90. The molecular weight excluding hydrogens is 379 g/mol. The number of hydrogen-bond acceptors (Lipinski definition) is 6. The van der Waals surface area contributed by atoms with Crippen molar-refractivity contribution in [3.8, 4) is 0 Å². The second kappa shape index (κ2) is 7.75. The first-order valence-corrected chi connectivity index (χ1v) is 8.34. The third-order valence-electron chi connectivity index (χ3n) is 3.86. The van der Waals surface area contributed by atoms with E-state index in [1.165, 1.54) is 24.3 Å². The molecule has 3 atom stereocenters. The number of cyclic esters (lactones) is 1. The van der Waals surface area contributed by atoms with Crippen LogP contribution in [-0.4, -0.2) is 41.9 Å². The molecule has 1 unspecified atom stereocenters. The molecule has 27 heavy (non-hydrogen) atoms. The van der Waals surface area contributed by atoms with Crippen LogP contribution in [0.1, 0.15) is 20.7 Å². The Morgan fingerprint density at radius 1 is 1.00 bits per heavy atom. The van der Waals surface area contributed by atoms with Gasteiger partial charge in [0.15, 0.2) is 6.10 Å². The van der Waals surface area contributed by atoms with Gasteiger partial charge in [-0.25, -0.2) is 18.8 Å². The molecule has 2 aromatic rings. The Labute approximate surface area is 158 Å². The summed E-state index contributed by atoms with van der Waals surface area (Å²) in [5, 5.41) is -3.08. The quantitative estimate of drug-likeness (QED) is 0.442. The van der Waals surface area contributed by atoms with Crippen molar-refractivity contribution in [2.45, 2.75) is 17.3 Å². The van der Waals surface area contributed by atoms with Crippen LogP contribution in [0.4, 0.5) is 4.39 Å². The third-order valence-corrected chi connectivity index (χ3v) is 4.23. The average molecular weight is 393 g/mol. The maximum atomic E-state index is 14.5. The van der Waals surface area contributed by atoms with Crippen molar-refractivity contribution < 1.29 is 33.0 Å². The van der Waals surface area contributed by atoms with Gasteiger partial charge in [0.25, 0.3) is 0 Å². The van der Waals surface area contributed by atoms with Gasteiger partial charge in [-0.15, -0.1) is 0 Å². The van der Waals surface area contributed by atoms with Gasteiger partial charge in [-0.3, -0.25) is 0 Å². The minimum atomic E-state index is -3.08. The fourth-order valence-electron chi connectivity index (χ4n) is 2.47. The van der Waals surface area contributed by atoms with Crippen LogP contribution in [0.15, 0.2) is 60.7 Å². The van der Waals surface area contributed by atoms with E-state index >= 15 is 0 Å². The minimum absolute atomic E-state index is 0.143. The highest BCUT2D eigenvalue weighted by molar-refractivity contribution is 6.34. The predicted molar refractivity (Wildman–Crippen MR) is 91.9 cm³/mol. The number of hydrogen-bond donors (Lipinski definition) is 0. The second-order valence-electron chi connectivity index (χ2n) is 5.72. The lowest BCUT2D eigenvalue weighted by molar-refractivity contribution is -0.147.